The fourth-order valence-electron chi connectivity index (χ4n) is 3.10. The van der Waals surface area contributed by atoms with Crippen molar-refractivity contribution >= 4 is 0 Å². The van der Waals surface area contributed by atoms with Gasteiger partial charge in [0.05, 0.1) is 6.10 Å². The molecule has 0 heterocycles. The van der Waals surface area contributed by atoms with Crippen LogP contribution in [0.3, 0.4) is 0 Å². The number of ether oxygens (including phenoxy) is 1. The van der Waals surface area contributed by atoms with Crippen LogP contribution in [-0.2, 0) is 0 Å². The molecule has 0 aliphatic heterocycles. The summed E-state index contributed by atoms with van der Waals surface area (Å²) in [5, 5.41) is 0. The maximum absolute atomic E-state index is 6.51. The second kappa shape index (κ2) is 5.96. The lowest BCUT2D eigenvalue weighted by Crippen LogP contribution is -2.33. The van der Waals surface area contributed by atoms with Crippen LogP contribution in [0.15, 0.2) is 24.3 Å². The van der Waals surface area contributed by atoms with Crippen LogP contribution in [0.4, 0.5) is 0 Å². The van der Waals surface area contributed by atoms with Gasteiger partial charge in [0.2, 0.25) is 0 Å². The fraction of sp³-hybridized carbons (Fsp3) is 0.647. The van der Waals surface area contributed by atoms with E-state index < -0.39 is 0 Å². The first-order valence-corrected chi connectivity index (χ1v) is 7.53. The summed E-state index contributed by atoms with van der Waals surface area (Å²) in [4.78, 5) is 0. The molecule has 1 atom stereocenters. The Hall–Kier alpha value is -1.02. The van der Waals surface area contributed by atoms with Crippen LogP contribution >= 0.6 is 0 Å². The molecule has 1 aromatic rings. The molecule has 1 aliphatic rings. The van der Waals surface area contributed by atoms with E-state index in [1.165, 1.54) is 37.7 Å². The number of hydrogen-bond donors (Lipinski definition) is 1. The van der Waals surface area contributed by atoms with E-state index in [-0.39, 0.29) is 17.6 Å². The third-order valence-electron chi connectivity index (χ3n) is 4.36. The minimum Gasteiger partial charge on any atom is -0.491 e. The van der Waals surface area contributed by atoms with Gasteiger partial charge >= 0.3 is 0 Å². The van der Waals surface area contributed by atoms with Gasteiger partial charge in [-0.2, -0.15) is 0 Å². The largest absolute Gasteiger partial charge is 0.491 e. The SMILES string of the molecule is CC(C)Oc1ccc(C(N)C2(C)CCCCC2)cc1. The molecule has 2 heteroatoms. The van der Waals surface area contributed by atoms with Crippen LogP contribution in [0.1, 0.15) is 64.5 Å². The van der Waals surface area contributed by atoms with E-state index in [1.807, 2.05) is 26.0 Å². The van der Waals surface area contributed by atoms with Crippen molar-refractivity contribution in [1.29, 1.82) is 0 Å². The highest BCUT2D eigenvalue weighted by molar-refractivity contribution is 5.30. The van der Waals surface area contributed by atoms with E-state index in [1.54, 1.807) is 0 Å². The molecule has 0 aromatic heterocycles. The standard InChI is InChI=1S/C17H27NO/c1-13(2)19-15-9-7-14(8-10-15)16(18)17(3)11-5-4-6-12-17/h7-10,13,16H,4-6,11-12,18H2,1-3H3. The van der Waals surface area contributed by atoms with E-state index in [4.69, 9.17) is 10.5 Å². The predicted octanol–water partition coefficient (Wildman–Crippen LogP) is 4.44. The first-order valence-electron chi connectivity index (χ1n) is 7.53. The molecule has 106 valence electrons. The quantitative estimate of drug-likeness (QED) is 0.869. The Kier molecular flexibility index (Phi) is 4.51. The maximum Gasteiger partial charge on any atom is 0.119 e. The average Bonchev–Trinajstić information content (AvgIpc) is 2.39. The highest BCUT2D eigenvalue weighted by Crippen LogP contribution is 2.44. The third-order valence-corrected chi connectivity index (χ3v) is 4.36. The second-order valence-corrected chi connectivity index (χ2v) is 6.43. The second-order valence-electron chi connectivity index (χ2n) is 6.43. The van der Waals surface area contributed by atoms with Gasteiger partial charge < -0.3 is 10.5 Å². The fourth-order valence-corrected chi connectivity index (χ4v) is 3.10. The molecular formula is C17H27NO. The Morgan fingerprint density at radius 3 is 2.16 bits per heavy atom. The average molecular weight is 261 g/mol. The molecule has 2 rings (SSSR count). The number of rotatable bonds is 4. The van der Waals surface area contributed by atoms with Crippen molar-refractivity contribution in [3.63, 3.8) is 0 Å². The number of benzene rings is 1. The highest BCUT2D eigenvalue weighted by atomic mass is 16.5. The first kappa shape index (κ1) is 14.4. The Bertz CT molecular complexity index is 390. The molecule has 1 unspecified atom stereocenters. The van der Waals surface area contributed by atoms with Gasteiger partial charge in [-0.05, 0) is 49.8 Å². The summed E-state index contributed by atoms with van der Waals surface area (Å²) in [6, 6.07) is 8.48. The zero-order valence-corrected chi connectivity index (χ0v) is 12.5. The lowest BCUT2D eigenvalue weighted by Gasteiger charge is -2.39. The summed E-state index contributed by atoms with van der Waals surface area (Å²) in [6.07, 6.45) is 6.72. The first-order chi connectivity index (χ1) is 9.01. The number of nitrogens with two attached hydrogens (primary N) is 1. The van der Waals surface area contributed by atoms with Crippen LogP contribution in [0, 0.1) is 5.41 Å². The molecule has 1 saturated carbocycles. The summed E-state index contributed by atoms with van der Waals surface area (Å²) in [7, 11) is 0. The molecule has 0 saturated heterocycles. The Labute approximate surface area is 117 Å². The van der Waals surface area contributed by atoms with Crippen LogP contribution in [0.2, 0.25) is 0 Å². The summed E-state index contributed by atoms with van der Waals surface area (Å²) < 4.78 is 5.68. The van der Waals surface area contributed by atoms with E-state index >= 15 is 0 Å². The summed E-state index contributed by atoms with van der Waals surface area (Å²) in [5.41, 5.74) is 8.01. The predicted molar refractivity (Wildman–Crippen MR) is 80.3 cm³/mol. The van der Waals surface area contributed by atoms with Crippen LogP contribution < -0.4 is 10.5 Å². The van der Waals surface area contributed by atoms with E-state index in [0.717, 1.165) is 5.75 Å². The van der Waals surface area contributed by atoms with Gasteiger partial charge in [0.15, 0.2) is 0 Å². The monoisotopic (exact) mass is 261 g/mol. The molecule has 2 N–H and O–H groups in total. The molecule has 1 fully saturated rings. The molecule has 0 bridgehead atoms. The van der Waals surface area contributed by atoms with Crippen LogP contribution in [-0.4, -0.2) is 6.10 Å². The summed E-state index contributed by atoms with van der Waals surface area (Å²) >= 11 is 0. The van der Waals surface area contributed by atoms with Gasteiger partial charge in [-0.25, -0.2) is 0 Å². The van der Waals surface area contributed by atoms with E-state index in [0.29, 0.717) is 0 Å². The van der Waals surface area contributed by atoms with Crippen LogP contribution in [0.25, 0.3) is 0 Å². The Morgan fingerprint density at radius 1 is 1.05 bits per heavy atom. The van der Waals surface area contributed by atoms with Gasteiger partial charge in [0.1, 0.15) is 5.75 Å². The molecule has 1 aromatic carbocycles. The van der Waals surface area contributed by atoms with Crippen molar-refractivity contribution in [2.75, 3.05) is 0 Å². The minimum absolute atomic E-state index is 0.140. The van der Waals surface area contributed by atoms with E-state index in [2.05, 4.69) is 19.1 Å². The third kappa shape index (κ3) is 3.50. The van der Waals surface area contributed by atoms with Gasteiger partial charge in [0, 0.05) is 6.04 Å². The lowest BCUT2D eigenvalue weighted by atomic mass is 9.69. The van der Waals surface area contributed by atoms with Crippen molar-refractivity contribution in [3.05, 3.63) is 29.8 Å². The zero-order valence-electron chi connectivity index (χ0n) is 12.5. The minimum atomic E-state index is 0.140. The molecule has 1 aliphatic carbocycles. The van der Waals surface area contributed by atoms with Crippen LogP contribution in [0.5, 0.6) is 5.75 Å². The Morgan fingerprint density at radius 2 is 1.63 bits per heavy atom. The normalized spacial score (nSPS) is 20.3. The lowest BCUT2D eigenvalue weighted by molar-refractivity contribution is 0.170. The summed E-state index contributed by atoms with van der Waals surface area (Å²) in [5.74, 6) is 0.930. The van der Waals surface area contributed by atoms with Crippen molar-refractivity contribution in [1.82, 2.24) is 0 Å². The highest BCUT2D eigenvalue weighted by Gasteiger charge is 2.33. The van der Waals surface area contributed by atoms with E-state index in [9.17, 15) is 0 Å². The van der Waals surface area contributed by atoms with Gasteiger partial charge in [-0.3, -0.25) is 0 Å². The van der Waals surface area contributed by atoms with Crippen molar-refractivity contribution in [2.24, 2.45) is 11.1 Å². The molecule has 0 amide bonds. The van der Waals surface area contributed by atoms with Gasteiger partial charge in [0.25, 0.3) is 0 Å². The smallest absolute Gasteiger partial charge is 0.119 e. The zero-order chi connectivity index (χ0) is 13.9. The molecule has 0 radical (unpaired) electrons. The molecule has 2 nitrogen and oxygen atoms in total. The summed E-state index contributed by atoms with van der Waals surface area (Å²) in [6.45, 7) is 6.43. The van der Waals surface area contributed by atoms with Crippen molar-refractivity contribution in [3.8, 4) is 5.75 Å². The maximum atomic E-state index is 6.51. The molecular weight excluding hydrogens is 234 g/mol. The van der Waals surface area contributed by atoms with Crippen molar-refractivity contribution < 1.29 is 4.74 Å². The van der Waals surface area contributed by atoms with Crippen molar-refractivity contribution in [2.45, 2.75) is 65.0 Å². The van der Waals surface area contributed by atoms with Gasteiger partial charge in [-0.15, -0.1) is 0 Å². The topological polar surface area (TPSA) is 35.2 Å². The Balaban J connectivity index is 2.08. The van der Waals surface area contributed by atoms with Gasteiger partial charge in [-0.1, -0.05) is 38.3 Å². The molecule has 19 heavy (non-hydrogen) atoms. The number of hydrogen-bond acceptors (Lipinski definition) is 2. The molecule has 0 spiro atoms.